The Kier molecular flexibility index (Phi) is 14.0. The van der Waals surface area contributed by atoms with E-state index >= 15 is 0 Å². The van der Waals surface area contributed by atoms with Crippen LogP contribution in [-0.2, 0) is 9.53 Å². The molecule has 26 heavy (non-hydrogen) atoms. The van der Waals surface area contributed by atoms with E-state index in [2.05, 4.69) is 13.8 Å². The third kappa shape index (κ3) is 11.2. The van der Waals surface area contributed by atoms with Gasteiger partial charge in [-0.25, -0.2) is 0 Å². The topological polar surface area (TPSA) is 26.3 Å². The van der Waals surface area contributed by atoms with Crippen molar-refractivity contribution in [3.63, 3.8) is 0 Å². The van der Waals surface area contributed by atoms with Gasteiger partial charge in [0.15, 0.2) is 0 Å². The summed E-state index contributed by atoms with van der Waals surface area (Å²) < 4.78 is 5.83. The van der Waals surface area contributed by atoms with E-state index in [1.807, 2.05) is 0 Å². The molecule has 0 spiro atoms. The van der Waals surface area contributed by atoms with Crippen LogP contribution in [0.2, 0.25) is 0 Å². The van der Waals surface area contributed by atoms with Gasteiger partial charge in [-0.3, -0.25) is 4.79 Å². The Balaban J connectivity index is 2.10. The molecule has 2 heteroatoms. The number of rotatable bonds is 18. The van der Waals surface area contributed by atoms with Crippen molar-refractivity contribution in [2.45, 2.75) is 148 Å². The molecule has 0 amide bonds. The second-order valence-corrected chi connectivity index (χ2v) is 8.61. The number of esters is 1. The maximum Gasteiger partial charge on any atom is 0.306 e. The van der Waals surface area contributed by atoms with Gasteiger partial charge in [-0.05, 0) is 32.1 Å². The molecule has 154 valence electrons. The summed E-state index contributed by atoms with van der Waals surface area (Å²) in [4.78, 5) is 11.7. The summed E-state index contributed by atoms with van der Waals surface area (Å²) in [6, 6.07) is 0. The second kappa shape index (κ2) is 15.5. The standard InChI is InChI=1S/C24H46O2/c1-3-5-7-9-11-13-15-17-20-24(22-19-23(25)26-24)21-18-16-14-12-10-8-6-4-2/h3-22H2,1-2H3. The number of ether oxygens (including phenoxy) is 1. The molecular weight excluding hydrogens is 320 g/mol. The summed E-state index contributed by atoms with van der Waals surface area (Å²) in [5, 5.41) is 0. The molecule has 1 aliphatic rings. The highest BCUT2D eigenvalue weighted by Crippen LogP contribution is 2.36. The maximum absolute atomic E-state index is 11.7. The normalized spacial score (nSPS) is 16.2. The highest BCUT2D eigenvalue weighted by atomic mass is 16.6. The largest absolute Gasteiger partial charge is 0.459 e. The van der Waals surface area contributed by atoms with Gasteiger partial charge >= 0.3 is 5.97 Å². The first-order valence-corrected chi connectivity index (χ1v) is 11.9. The average molecular weight is 367 g/mol. The van der Waals surface area contributed by atoms with Crippen LogP contribution in [-0.4, -0.2) is 11.6 Å². The van der Waals surface area contributed by atoms with E-state index in [-0.39, 0.29) is 11.6 Å². The Morgan fingerprint density at radius 2 is 1.04 bits per heavy atom. The van der Waals surface area contributed by atoms with Gasteiger partial charge in [0.05, 0.1) is 0 Å². The molecule has 0 aromatic heterocycles. The van der Waals surface area contributed by atoms with Crippen molar-refractivity contribution in [1.29, 1.82) is 0 Å². The number of carbonyl (C=O) groups is 1. The van der Waals surface area contributed by atoms with Crippen molar-refractivity contribution in [2.24, 2.45) is 0 Å². The van der Waals surface area contributed by atoms with Crippen molar-refractivity contribution in [1.82, 2.24) is 0 Å². The minimum Gasteiger partial charge on any atom is -0.459 e. The molecule has 1 fully saturated rings. The summed E-state index contributed by atoms with van der Waals surface area (Å²) in [7, 11) is 0. The Bertz CT molecular complexity index is 317. The molecule has 0 atom stereocenters. The lowest BCUT2D eigenvalue weighted by Crippen LogP contribution is -2.28. The highest BCUT2D eigenvalue weighted by Gasteiger charge is 2.38. The minimum atomic E-state index is -0.0957. The average Bonchev–Trinajstić information content (AvgIpc) is 3.01. The zero-order valence-corrected chi connectivity index (χ0v) is 18.0. The smallest absolute Gasteiger partial charge is 0.306 e. The van der Waals surface area contributed by atoms with Crippen LogP contribution in [0, 0.1) is 0 Å². The minimum absolute atomic E-state index is 0.0455. The third-order valence-electron chi connectivity index (χ3n) is 6.09. The Morgan fingerprint density at radius 1 is 0.654 bits per heavy atom. The quantitative estimate of drug-likeness (QED) is 0.181. The first kappa shape index (κ1) is 23.5. The van der Waals surface area contributed by atoms with E-state index < -0.39 is 0 Å². The fourth-order valence-corrected chi connectivity index (χ4v) is 4.31. The van der Waals surface area contributed by atoms with E-state index in [4.69, 9.17) is 4.74 Å². The van der Waals surface area contributed by atoms with E-state index in [1.54, 1.807) is 0 Å². The first-order valence-electron chi connectivity index (χ1n) is 11.9. The van der Waals surface area contributed by atoms with E-state index in [0.29, 0.717) is 6.42 Å². The van der Waals surface area contributed by atoms with Gasteiger partial charge < -0.3 is 4.74 Å². The van der Waals surface area contributed by atoms with Crippen LogP contribution in [0.25, 0.3) is 0 Å². The van der Waals surface area contributed by atoms with Crippen LogP contribution in [0.5, 0.6) is 0 Å². The molecule has 1 rings (SSSR count). The highest BCUT2D eigenvalue weighted by molar-refractivity contribution is 5.72. The van der Waals surface area contributed by atoms with Gasteiger partial charge in [-0.2, -0.15) is 0 Å². The van der Waals surface area contributed by atoms with Crippen LogP contribution in [0.1, 0.15) is 142 Å². The SMILES string of the molecule is CCCCCCCCCCC1(CCCCCCCCCC)CCC(=O)O1. The van der Waals surface area contributed by atoms with Crippen molar-refractivity contribution in [3.05, 3.63) is 0 Å². The van der Waals surface area contributed by atoms with Crippen LogP contribution >= 0.6 is 0 Å². The van der Waals surface area contributed by atoms with Crippen LogP contribution in [0.4, 0.5) is 0 Å². The molecule has 0 unspecified atom stereocenters. The molecule has 0 aromatic rings. The Morgan fingerprint density at radius 3 is 1.38 bits per heavy atom. The Labute approximate surface area is 163 Å². The number of hydrogen-bond acceptors (Lipinski definition) is 2. The van der Waals surface area contributed by atoms with Crippen molar-refractivity contribution < 1.29 is 9.53 Å². The maximum atomic E-state index is 11.7. The molecular formula is C24H46O2. The Hall–Kier alpha value is -0.530. The van der Waals surface area contributed by atoms with E-state index in [9.17, 15) is 4.79 Å². The lowest BCUT2D eigenvalue weighted by Gasteiger charge is -2.28. The molecule has 2 nitrogen and oxygen atoms in total. The van der Waals surface area contributed by atoms with Gasteiger partial charge in [-0.1, -0.05) is 104 Å². The van der Waals surface area contributed by atoms with Crippen molar-refractivity contribution in [2.75, 3.05) is 0 Å². The fourth-order valence-electron chi connectivity index (χ4n) is 4.31. The molecule has 1 heterocycles. The van der Waals surface area contributed by atoms with Gasteiger partial charge in [-0.15, -0.1) is 0 Å². The number of cyclic esters (lactones) is 1. The first-order chi connectivity index (χ1) is 12.7. The molecule has 0 saturated carbocycles. The summed E-state index contributed by atoms with van der Waals surface area (Å²) in [6.45, 7) is 4.55. The zero-order chi connectivity index (χ0) is 18.9. The summed E-state index contributed by atoms with van der Waals surface area (Å²) in [5.74, 6) is 0.0455. The third-order valence-corrected chi connectivity index (χ3v) is 6.09. The second-order valence-electron chi connectivity index (χ2n) is 8.61. The fraction of sp³-hybridized carbons (Fsp3) is 0.958. The molecule has 1 saturated heterocycles. The van der Waals surface area contributed by atoms with Gasteiger partial charge in [0.1, 0.15) is 5.60 Å². The molecule has 0 aliphatic carbocycles. The van der Waals surface area contributed by atoms with Crippen molar-refractivity contribution >= 4 is 5.97 Å². The number of carbonyl (C=O) groups excluding carboxylic acids is 1. The van der Waals surface area contributed by atoms with Crippen molar-refractivity contribution in [3.8, 4) is 0 Å². The van der Waals surface area contributed by atoms with Gasteiger partial charge in [0, 0.05) is 6.42 Å². The summed E-state index contributed by atoms with van der Waals surface area (Å²) in [5.41, 5.74) is -0.0957. The summed E-state index contributed by atoms with van der Waals surface area (Å²) in [6.07, 6.45) is 25.4. The molecule has 0 N–H and O–H groups in total. The lowest BCUT2D eigenvalue weighted by molar-refractivity contribution is -0.149. The van der Waals surface area contributed by atoms with Crippen LogP contribution in [0.15, 0.2) is 0 Å². The predicted octanol–water partition coefficient (Wildman–Crippen LogP) is 8.12. The van der Waals surface area contributed by atoms with E-state index in [1.165, 1.54) is 103 Å². The van der Waals surface area contributed by atoms with Gasteiger partial charge in [0.25, 0.3) is 0 Å². The lowest BCUT2D eigenvalue weighted by atomic mass is 9.87. The predicted molar refractivity (Wildman–Crippen MR) is 113 cm³/mol. The summed E-state index contributed by atoms with van der Waals surface area (Å²) >= 11 is 0. The van der Waals surface area contributed by atoms with Crippen LogP contribution in [0.3, 0.4) is 0 Å². The van der Waals surface area contributed by atoms with Gasteiger partial charge in [0.2, 0.25) is 0 Å². The molecule has 0 bridgehead atoms. The zero-order valence-electron chi connectivity index (χ0n) is 18.0. The molecule has 1 aliphatic heterocycles. The molecule has 0 aromatic carbocycles. The number of unbranched alkanes of at least 4 members (excludes halogenated alkanes) is 14. The molecule has 0 radical (unpaired) electrons. The number of hydrogen-bond donors (Lipinski definition) is 0. The van der Waals surface area contributed by atoms with Crippen LogP contribution < -0.4 is 0 Å². The monoisotopic (exact) mass is 366 g/mol. The van der Waals surface area contributed by atoms with E-state index in [0.717, 1.165) is 19.3 Å².